The minimum Gasteiger partial charge on any atom is -0.465 e. The lowest BCUT2D eigenvalue weighted by Gasteiger charge is -2.32. The lowest BCUT2D eigenvalue weighted by Crippen LogP contribution is -2.50. The van der Waals surface area contributed by atoms with E-state index in [1.807, 2.05) is 6.92 Å². The zero-order chi connectivity index (χ0) is 23.9. The third-order valence-corrected chi connectivity index (χ3v) is 5.77. The Hall–Kier alpha value is -2.59. The lowest BCUT2D eigenvalue weighted by molar-refractivity contribution is -0.145. The van der Waals surface area contributed by atoms with Crippen LogP contribution in [0.15, 0.2) is 18.5 Å². The van der Waals surface area contributed by atoms with E-state index in [2.05, 4.69) is 15.2 Å². The molecule has 0 radical (unpaired) electrons. The second-order valence-corrected chi connectivity index (χ2v) is 8.06. The molecule has 0 amide bonds. The molecule has 176 valence electrons. The van der Waals surface area contributed by atoms with Crippen molar-refractivity contribution >= 4 is 25.5 Å². The van der Waals surface area contributed by atoms with Gasteiger partial charge in [0.15, 0.2) is 5.82 Å². The number of ether oxygens (including phenoxy) is 2. The number of rotatable bonds is 12. The van der Waals surface area contributed by atoms with Crippen LogP contribution in [0.4, 0.5) is 5.82 Å². The zero-order valence-electron chi connectivity index (χ0n) is 17.9. The topological polar surface area (TPSA) is 194 Å². The number of nitrogens with one attached hydrogen (secondary N) is 1. The number of methoxy groups -OCH3 is 1. The second-order valence-electron chi connectivity index (χ2n) is 6.91. The number of aliphatic hydroxyl groups is 2. The van der Waals surface area contributed by atoms with Crippen molar-refractivity contribution in [3.05, 3.63) is 24.2 Å². The number of nitrogens with zero attached hydrogens (tertiary/aromatic N) is 4. The van der Waals surface area contributed by atoms with Crippen molar-refractivity contribution in [1.82, 2.24) is 19.7 Å². The van der Waals surface area contributed by atoms with E-state index in [0.717, 1.165) is 7.11 Å². The average molecular weight is 470 g/mol. The maximum atomic E-state index is 12.2. The van der Waals surface area contributed by atoms with Crippen molar-refractivity contribution in [1.29, 1.82) is 5.26 Å². The molecule has 13 nitrogen and oxygen atoms in total. The number of aromatic nitrogens is 3. The Labute approximate surface area is 185 Å². The van der Waals surface area contributed by atoms with Crippen LogP contribution in [0.3, 0.4) is 0 Å². The van der Waals surface area contributed by atoms with E-state index in [0.29, 0.717) is 11.9 Å². The summed E-state index contributed by atoms with van der Waals surface area (Å²) >= 11 is 0. The van der Waals surface area contributed by atoms with Crippen molar-refractivity contribution in [2.75, 3.05) is 26.1 Å². The quantitative estimate of drug-likeness (QED) is 0.239. The van der Waals surface area contributed by atoms with Crippen molar-refractivity contribution < 1.29 is 33.6 Å². The first-order chi connectivity index (χ1) is 15.2. The molecule has 2 heterocycles. The molecule has 2 aromatic heterocycles. The highest BCUT2D eigenvalue weighted by atomic mass is 31.1. The molecule has 0 saturated carbocycles. The molecule has 0 aromatic carbocycles. The van der Waals surface area contributed by atoms with E-state index in [-0.39, 0.29) is 18.1 Å². The summed E-state index contributed by atoms with van der Waals surface area (Å²) in [6.45, 7) is 2.84. The van der Waals surface area contributed by atoms with Crippen LogP contribution in [0, 0.1) is 11.3 Å². The summed E-state index contributed by atoms with van der Waals surface area (Å²) in [6, 6.07) is 3.84. The normalized spacial score (nSPS) is 17.1. The molecule has 2 aromatic rings. The number of esters is 1. The molecule has 5 atom stereocenters. The first-order valence-electron chi connectivity index (χ1n) is 9.71. The smallest absolute Gasteiger partial charge is 0.323 e. The van der Waals surface area contributed by atoms with E-state index in [1.54, 1.807) is 12.1 Å². The van der Waals surface area contributed by atoms with Gasteiger partial charge in [-0.2, -0.15) is 10.4 Å². The van der Waals surface area contributed by atoms with Crippen molar-refractivity contribution in [2.45, 2.75) is 44.1 Å². The van der Waals surface area contributed by atoms with Gasteiger partial charge in [0.1, 0.15) is 42.8 Å². The van der Waals surface area contributed by atoms with Crippen molar-refractivity contribution in [2.24, 2.45) is 0 Å². The van der Waals surface area contributed by atoms with Gasteiger partial charge in [-0.15, -0.1) is 0 Å². The van der Waals surface area contributed by atoms with Gasteiger partial charge in [-0.1, -0.05) is 6.92 Å². The number of fused-ring (bicyclic) bond motifs is 1. The van der Waals surface area contributed by atoms with E-state index < -0.39 is 44.6 Å². The SMILES string of the molecule is CCCOC(=O)[C@H](C)N[PH](=O)OC[C@@](C#N)(OC)[C@@H](O)[C@@H](O)c1ccc2c(N)ncnn12. The van der Waals surface area contributed by atoms with Crippen molar-refractivity contribution in [3.63, 3.8) is 0 Å². The largest absolute Gasteiger partial charge is 0.465 e. The minimum atomic E-state index is -3.03. The molecule has 1 unspecified atom stereocenters. The van der Waals surface area contributed by atoms with Gasteiger partial charge in [0.2, 0.25) is 5.60 Å². The lowest BCUT2D eigenvalue weighted by atomic mass is 9.93. The molecule has 32 heavy (non-hydrogen) atoms. The van der Waals surface area contributed by atoms with Gasteiger partial charge in [0.05, 0.1) is 12.3 Å². The van der Waals surface area contributed by atoms with Gasteiger partial charge in [-0.3, -0.25) is 9.36 Å². The summed E-state index contributed by atoms with van der Waals surface area (Å²) in [6.07, 6.45) is -1.66. The van der Waals surface area contributed by atoms with E-state index in [4.69, 9.17) is 19.7 Å². The van der Waals surface area contributed by atoms with E-state index >= 15 is 0 Å². The summed E-state index contributed by atoms with van der Waals surface area (Å²) < 4.78 is 28.8. The van der Waals surface area contributed by atoms with Crippen LogP contribution < -0.4 is 10.8 Å². The first-order valence-corrected chi connectivity index (χ1v) is 11.0. The predicted molar refractivity (Wildman–Crippen MR) is 113 cm³/mol. The van der Waals surface area contributed by atoms with Crippen LogP contribution >= 0.6 is 8.18 Å². The monoisotopic (exact) mass is 470 g/mol. The Morgan fingerprint density at radius 3 is 2.81 bits per heavy atom. The number of aliphatic hydroxyl groups excluding tert-OH is 2. The Kier molecular flexibility index (Phi) is 9.09. The Morgan fingerprint density at radius 2 is 2.19 bits per heavy atom. The number of hydrogen-bond acceptors (Lipinski definition) is 11. The highest BCUT2D eigenvalue weighted by Gasteiger charge is 2.45. The summed E-state index contributed by atoms with van der Waals surface area (Å²) in [5.74, 6) is -0.449. The molecular formula is C18H27N6O7P. The molecule has 0 aliphatic rings. The minimum absolute atomic E-state index is 0.122. The molecule has 5 N–H and O–H groups in total. The number of carbonyl (C=O) groups excluding carboxylic acids is 1. The molecular weight excluding hydrogens is 443 g/mol. The Morgan fingerprint density at radius 1 is 1.47 bits per heavy atom. The molecule has 0 spiro atoms. The number of anilines is 1. The molecule has 0 aliphatic carbocycles. The van der Waals surface area contributed by atoms with Crippen LogP contribution in [0.1, 0.15) is 32.1 Å². The number of nitrogens with two attached hydrogens (primary N) is 1. The highest BCUT2D eigenvalue weighted by Crippen LogP contribution is 2.31. The maximum Gasteiger partial charge on any atom is 0.323 e. The number of nitriles is 1. The van der Waals surface area contributed by atoms with Crippen LogP contribution in [-0.4, -0.2) is 68.9 Å². The highest BCUT2D eigenvalue weighted by molar-refractivity contribution is 7.36. The van der Waals surface area contributed by atoms with Crippen LogP contribution in [0.25, 0.3) is 5.52 Å². The molecule has 2 rings (SSSR count). The predicted octanol–water partition coefficient (Wildman–Crippen LogP) is -0.0478. The molecule has 0 bridgehead atoms. The summed E-state index contributed by atoms with van der Waals surface area (Å²) in [5.41, 5.74) is 4.19. The molecule has 0 saturated heterocycles. The van der Waals surface area contributed by atoms with Crippen molar-refractivity contribution in [3.8, 4) is 6.07 Å². The van der Waals surface area contributed by atoms with Gasteiger partial charge in [0, 0.05) is 7.11 Å². The van der Waals surface area contributed by atoms with E-state index in [1.165, 1.54) is 23.8 Å². The third-order valence-electron chi connectivity index (χ3n) is 4.70. The van der Waals surface area contributed by atoms with Gasteiger partial charge in [-0.25, -0.2) is 14.6 Å². The zero-order valence-corrected chi connectivity index (χ0v) is 18.9. The summed E-state index contributed by atoms with van der Waals surface area (Å²) in [7, 11) is -1.90. The van der Waals surface area contributed by atoms with Gasteiger partial charge < -0.3 is 29.9 Å². The van der Waals surface area contributed by atoms with Gasteiger partial charge >= 0.3 is 5.97 Å². The van der Waals surface area contributed by atoms with Gasteiger partial charge in [0.25, 0.3) is 8.18 Å². The van der Waals surface area contributed by atoms with Gasteiger partial charge in [-0.05, 0) is 25.5 Å². The molecule has 0 aliphatic heterocycles. The van der Waals surface area contributed by atoms with E-state index in [9.17, 15) is 24.8 Å². The number of carbonyl (C=O) groups is 1. The molecule has 14 heteroatoms. The Balaban J connectivity index is 2.11. The first kappa shape index (κ1) is 25.7. The fraction of sp³-hybridized carbons (Fsp3) is 0.556. The fourth-order valence-corrected chi connectivity index (χ4v) is 3.70. The number of hydrogen-bond donors (Lipinski definition) is 4. The average Bonchev–Trinajstić information content (AvgIpc) is 3.23. The Bertz CT molecular complexity index is 996. The second kappa shape index (κ2) is 11.3. The summed E-state index contributed by atoms with van der Waals surface area (Å²) in [5, 5.41) is 37.6. The van der Waals surface area contributed by atoms with Crippen LogP contribution in [0.5, 0.6) is 0 Å². The van der Waals surface area contributed by atoms with Crippen LogP contribution in [0.2, 0.25) is 0 Å². The fourth-order valence-electron chi connectivity index (χ4n) is 2.80. The standard InChI is InChI=1S/C18H27N6O7P/c1-4-7-30-17(27)11(2)23-32(28)31-9-18(8-19,29-3)15(26)14(25)12-5-6-13-16(20)21-10-22-24(12)13/h5-6,10-11,14-15,25-26,32H,4,7,9H2,1-3H3,(H,23,28)(H2,20,21,22)/t11-,14-,15-,18+/m0/s1. The number of nitrogen functional groups attached to an aromatic ring is 1. The summed E-state index contributed by atoms with van der Waals surface area (Å²) in [4.78, 5) is 15.6. The maximum absolute atomic E-state index is 12.2. The third kappa shape index (κ3) is 5.60. The van der Waals surface area contributed by atoms with Crippen LogP contribution in [-0.2, 0) is 23.4 Å². The molecule has 0 fully saturated rings.